The quantitative estimate of drug-likeness (QED) is 0.283. The third-order valence-electron chi connectivity index (χ3n) is 7.66. The highest BCUT2D eigenvalue weighted by Gasteiger charge is 2.30. The van der Waals surface area contributed by atoms with Gasteiger partial charge in [0.1, 0.15) is 5.82 Å². The normalized spacial score (nSPS) is 19.1. The minimum atomic E-state index is -0.625. The summed E-state index contributed by atoms with van der Waals surface area (Å²) >= 11 is 9.44. The van der Waals surface area contributed by atoms with Gasteiger partial charge in [0, 0.05) is 46.0 Å². The number of ether oxygens (including phenoxy) is 1. The fourth-order valence-corrected chi connectivity index (χ4v) is 6.13. The maximum atomic E-state index is 14.9. The van der Waals surface area contributed by atoms with Gasteiger partial charge in [-0.2, -0.15) is 0 Å². The molecule has 5 rings (SSSR count). The molecule has 1 aromatic heterocycles. The maximum Gasteiger partial charge on any atom is 0.411 e. The molecule has 0 fully saturated rings. The number of carbonyl (C=O) groups excluding carboxylic acids is 3. The van der Waals surface area contributed by atoms with Crippen molar-refractivity contribution in [2.75, 3.05) is 24.3 Å². The van der Waals surface area contributed by atoms with Gasteiger partial charge in [-0.15, -0.1) is 0 Å². The minimum Gasteiger partial charge on any atom is -0.453 e. The molecule has 11 heteroatoms. The van der Waals surface area contributed by atoms with Crippen molar-refractivity contribution < 1.29 is 23.5 Å². The molecule has 0 saturated heterocycles. The number of nitrogens with one attached hydrogen (secondary N) is 2. The van der Waals surface area contributed by atoms with Gasteiger partial charge >= 0.3 is 6.09 Å². The van der Waals surface area contributed by atoms with Gasteiger partial charge in [0.15, 0.2) is 0 Å². The van der Waals surface area contributed by atoms with E-state index in [1.165, 1.54) is 19.3 Å². The van der Waals surface area contributed by atoms with Crippen molar-refractivity contribution in [3.05, 3.63) is 81.2 Å². The average molecular weight is 656 g/mol. The number of hydrogen-bond donors (Lipinski definition) is 2. The second-order valence-electron chi connectivity index (χ2n) is 10.4. The minimum absolute atomic E-state index is 0.000698. The number of anilines is 2. The zero-order valence-electron chi connectivity index (χ0n) is 23.0. The molecule has 2 unspecified atom stereocenters. The standard InChI is InChI=1S/C31H29BrClFN4O4/c1-17-4-3-5-26(38-13-11-19(15-27(38)39)28-22(32)8-9-23(33)29(28)34)18-10-12-35-24(14-18)21-7-6-20(36-31(41)42-2)16-25(21)37-30(17)40/h6-10,12,14-17,26H,3-5,11,13H2,1-2H3,(H,36,41)(H,37,40). The lowest BCUT2D eigenvalue weighted by Crippen LogP contribution is -2.37. The van der Waals surface area contributed by atoms with Gasteiger partial charge in [-0.1, -0.05) is 40.9 Å². The van der Waals surface area contributed by atoms with Gasteiger partial charge in [0.25, 0.3) is 0 Å². The largest absolute Gasteiger partial charge is 0.453 e. The van der Waals surface area contributed by atoms with E-state index in [0.29, 0.717) is 70.5 Å². The zero-order valence-corrected chi connectivity index (χ0v) is 25.4. The molecule has 2 atom stereocenters. The van der Waals surface area contributed by atoms with Crippen LogP contribution in [0.1, 0.15) is 49.8 Å². The number of carbonyl (C=O) groups is 3. The summed E-state index contributed by atoms with van der Waals surface area (Å²) in [5.41, 5.74) is 4.02. The Morgan fingerprint density at radius 2 is 2.00 bits per heavy atom. The molecular weight excluding hydrogens is 627 g/mol. The van der Waals surface area contributed by atoms with E-state index < -0.39 is 11.9 Å². The maximum absolute atomic E-state index is 14.9. The highest BCUT2D eigenvalue weighted by atomic mass is 79.9. The molecule has 218 valence electrons. The smallest absolute Gasteiger partial charge is 0.411 e. The number of rotatable bonds is 3. The molecule has 2 aromatic carbocycles. The summed E-state index contributed by atoms with van der Waals surface area (Å²) in [5.74, 6) is -1.23. The summed E-state index contributed by atoms with van der Waals surface area (Å²) in [7, 11) is 1.27. The number of hydrogen-bond acceptors (Lipinski definition) is 5. The van der Waals surface area contributed by atoms with Crippen LogP contribution in [-0.4, -0.2) is 41.4 Å². The molecular formula is C31H29BrClFN4O4. The molecule has 0 spiro atoms. The number of pyridine rings is 1. The SMILES string of the molecule is COC(=O)Nc1ccc2c(c1)NC(=O)C(C)CCCC(N1CCC(c3c(Br)ccc(Cl)c3F)=CC1=O)c1ccnc-2c1. The van der Waals surface area contributed by atoms with Crippen LogP contribution in [-0.2, 0) is 14.3 Å². The molecule has 0 radical (unpaired) electrons. The first-order valence-corrected chi connectivity index (χ1v) is 14.7. The number of halogens is 3. The molecule has 42 heavy (non-hydrogen) atoms. The molecule has 2 aliphatic rings. The van der Waals surface area contributed by atoms with E-state index in [-0.39, 0.29) is 28.8 Å². The molecule has 8 nitrogen and oxygen atoms in total. The predicted octanol–water partition coefficient (Wildman–Crippen LogP) is 7.60. The van der Waals surface area contributed by atoms with Gasteiger partial charge in [0.05, 0.1) is 29.6 Å². The Labute approximate surface area is 256 Å². The lowest BCUT2D eigenvalue weighted by Gasteiger charge is -2.35. The van der Waals surface area contributed by atoms with Crippen LogP contribution < -0.4 is 10.6 Å². The Morgan fingerprint density at radius 1 is 1.19 bits per heavy atom. The summed E-state index contributed by atoms with van der Waals surface area (Å²) in [6.07, 6.45) is 4.95. The number of methoxy groups -OCH3 is 1. The second kappa shape index (κ2) is 12.6. The second-order valence-corrected chi connectivity index (χ2v) is 11.6. The Kier molecular flexibility index (Phi) is 8.93. The van der Waals surface area contributed by atoms with E-state index in [9.17, 15) is 18.8 Å². The van der Waals surface area contributed by atoms with Gasteiger partial charge in [0.2, 0.25) is 11.8 Å². The number of aromatic nitrogens is 1. The zero-order chi connectivity index (χ0) is 30.0. The number of fused-ring (bicyclic) bond motifs is 4. The number of amides is 3. The van der Waals surface area contributed by atoms with E-state index in [1.807, 2.05) is 19.1 Å². The van der Waals surface area contributed by atoms with Crippen LogP contribution in [0.2, 0.25) is 5.02 Å². The Hall–Kier alpha value is -3.76. The molecule has 2 bridgehead atoms. The highest BCUT2D eigenvalue weighted by Crippen LogP contribution is 2.39. The third kappa shape index (κ3) is 6.19. The van der Waals surface area contributed by atoms with Crippen LogP contribution >= 0.6 is 27.5 Å². The molecule has 2 aliphatic heterocycles. The predicted molar refractivity (Wildman–Crippen MR) is 164 cm³/mol. The van der Waals surface area contributed by atoms with Crippen LogP contribution in [0.3, 0.4) is 0 Å². The van der Waals surface area contributed by atoms with Crippen LogP contribution in [0.5, 0.6) is 0 Å². The molecule has 3 amide bonds. The lowest BCUT2D eigenvalue weighted by atomic mass is 9.91. The van der Waals surface area contributed by atoms with Crippen molar-refractivity contribution >= 4 is 62.4 Å². The molecule has 2 N–H and O–H groups in total. The molecule has 3 aromatic rings. The van der Waals surface area contributed by atoms with Crippen LogP contribution in [0, 0.1) is 11.7 Å². The Morgan fingerprint density at radius 3 is 2.76 bits per heavy atom. The summed E-state index contributed by atoms with van der Waals surface area (Å²) in [6.45, 7) is 2.25. The van der Waals surface area contributed by atoms with Crippen molar-refractivity contribution in [2.45, 2.75) is 38.6 Å². The number of nitrogens with zero attached hydrogens (tertiary/aromatic N) is 2. The van der Waals surface area contributed by atoms with Gasteiger partial charge in [-0.3, -0.25) is 19.9 Å². The molecule has 0 saturated carbocycles. The van der Waals surface area contributed by atoms with Gasteiger partial charge in [-0.05, 0) is 72.9 Å². The van der Waals surface area contributed by atoms with E-state index >= 15 is 0 Å². The lowest BCUT2D eigenvalue weighted by molar-refractivity contribution is -0.129. The van der Waals surface area contributed by atoms with E-state index in [1.54, 1.807) is 35.4 Å². The van der Waals surface area contributed by atoms with Crippen molar-refractivity contribution in [2.24, 2.45) is 5.92 Å². The van der Waals surface area contributed by atoms with Gasteiger partial charge in [-0.25, -0.2) is 9.18 Å². The van der Waals surface area contributed by atoms with Crippen LogP contribution in [0.4, 0.5) is 20.6 Å². The number of benzene rings is 2. The van der Waals surface area contributed by atoms with Gasteiger partial charge < -0.3 is 15.0 Å². The first-order chi connectivity index (χ1) is 20.2. The summed E-state index contributed by atoms with van der Waals surface area (Å²) < 4.78 is 20.2. The fourth-order valence-electron chi connectivity index (χ4n) is 5.41. The Balaban J connectivity index is 1.52. The van der Waals surface area contributed by atoms with E-state index in [4.69, 9.17) is 16.3 Å². The summed E-state index contributed by atoms with van der Waals surface area (Å²) in [5, 5.41) is 5.62. The van der Waals surface area contributed by atoms with E-state index in [0.717, 1.165) is 5.56 Å². The van der Waals surface area contributed by atoms with Crippen molar-refractivity contribution in [3.63, 3.8) is 0 Å². The highest BCUT2D eigenvalue weighted by molar-refractivity contribution is 9.10. The van der Waals surface area contributed by atoms with Crippen LogP contribution in [0.15, 0.2) is 59.2 Å². The van der Waals surface area contributed by atoms with Crippen molar-refractivity contribution in [3.8, 4) is 11.3 Å². The first kappa shape index (κ1) is 29.7. The topological polar surface area (TPSA) is 101 Å². The fraction of sp³-hybridized carbons (Fsp3) is 0.290. The summed E-state index contributed by atoms with van der Waals surface area (Å²) in [4.78, 5) is 44.9. The molecule has 0 aliphatic carbocycles. The van der Waals surface area contributed by atoms with Crippen LogP contribution in [0.25, 0.3) is 16.8 Å². The summed E-state index contributed by atoms with van der Waals surface area (Å²) in [6, 6.07) is 11.8. The third-order valence-corrected chi connectivity index (χ3v) is 8.61. The van der Waals surface area contributed by atoms with E-state index in [2.05, 4.69) is 31.5 Å². The monoisotopic (exact) mass is 654 g/mol. The van der Waals surface area contributed by atoms with Crippen molar-refractivity contribution in [1.29, 1.82) is 0 Å². The van der Waals surface area contributed by atoms with Crippen molar-refractivity contribution in [1.82, 2.24) is 9.88 Å². The Bertz CT molecular complexity index is 1600. The first-order valence-electron chi connectivity index (χ1n) is 13.6. The molecule has 3 heterocycles. The average Bonchev–Trinajstić information content (AvgIpc) is 2.97.